The SMILES string of the molecule is COc1cc(COC(=O)c2sccc2Br)ccc1OC(F)F. The predicted molar refractivity (Wildman–Crippen MR) is 80.8 cm³/mol. The average molecular weight is 393 g/mol. The molecule has 0 radical (unpaired) electrons. The van der Waals surface area contributed by atoms with E-state index < -0.39 is 12.6 Å². The van der Waals surface area contributed by atoms with Crippen LogP contribution in [0.3, 0.4) is 0 Å². The second kappa shape index (κ2) is 7.55. The van der Waals surface area contributed by atoms with Crippen molar-refractivity contribution >= 4 is 33.2 Å². The summed E-state index contributed by atoms with van der Waals surface area (Å²) in [5.41, 5.74) is 0.597. The fraction of sp³-hybridized carbons (Fsp3) is 0.214. The Morgan fingerprint density at radius 2 is 2.09 bits per heavy atom. The van der Waals surface area contributed by atoms with E-state index in [1.807, 2.05) is 0 Å². The lowest BCUT2D eigenvalue weighted by Gasteiger charge is -2.11. The zero-order valence-corrected chi connectivity index (χ0v) is 13.7. The Labute approximate surface area is 137 Å². The number of carbonyl (C=O) groups excluding carboxylic acids is 1. The number of methoxy groups -OCH3 is 1. The van der Waals surface area contributed by atoms with Crippen molar-refractivity contribution in [3.63, 3.8) is 0 Å². The number of hydrogen-bond acceptors (Lipinski definition) is 5. The van der Waals surface area contributed by atoms with Crippen molar-refractivity contribution < 1.29 is 27.8 Å². The summed E-state index contributed by atoms with van der Waals surface area (Å²) in [6.07, 6.45) is 0. The first-order chi connectivity index (χ1) is 10.5. The van der Waals surface area contributed by atoms with Gasteiger partial charge in [-0.1, -0.05) is 6.07 Å². The molecule has 0 saturated heterocycles. The van der Waals surface area contributed by atoms with Crippen LogP contribution in [0.15, 0.2) is 34.1 Å². The van der Waals surface area contributed by atoms with Crippen LogP contribution >= 0.6 is 27.3 Å². The molecule has 0 atom stereocenters. The highest BCUT2D eigenvalue weighted by atomic mass is 79.9. The van der Waals surface area contributed by atoms with Gasteiger partial charge in [0.25, 0.3) is 0 Å². The van der Waals surface area contributed by atoms with Crippen LogP contribution in [0.2, 0.25) is 0 Å². The Balaban J connectivity index is 2.04. The first-order valence-corrected chi connectivity index (χ1v) is 7.70. The number of esters is 1. The summed E-state index contributed by atoms with van der Waals surface area (Å²) >= 11 is 4.51. The van der Waals surface area contributed by atoms with E-state index in [-0.39, 0.29) is 18.1 Å². The number of carbonyl (C=O) groups is 1. The maximum atomic E-state index is 12.2. The van der Waals surface area contributed by atoms with Gasteiger partial charge in [0.2, 0.25) is 0 Å². The molecule has 0 aliphatic carbocycles. The summed E-state index contributed by atoms with van der Waals surface area (Å²) in [6, 6.07) is 6.10. The highest BCUT2D eigenvalue weighted by Gasteiger charge is 2.15. The maximum Gasteiger partial charge on any atom is 0.387 e. The normalized spacial score (nSPS) is 10.6. The van der Waals surface area contributed by atoms with Crippen molar-refractivity contribution in [3.8, 4) is 11.5 Å². The summed E-state index contributed by atoms with van der Waals surface area (Å²) in [5.74, 6) is -0.395. The van der Waals surface area contributed by atoms with E-state index in [0.717, 1.165) is 0 Å². The fourth-order valence-corrected chi connectivity index (χ4v) is 3.07. The van der Waals surface area contributed by atoms with Crippen LogP contribution in [-0.4, -0.2) is 19.7 Å². The van der Waals surface area contributed by atoms with E-state index in [4.69, 9.17) is 9.47 Å². The van der Waals surface area contributed by atoms with E-state index in [2.05, 4.69) is 20.7 Å². The molecule has 0 saturated carbocycles. The highest BCUT2D eigenvalue weighted by Crippen LogP contribution is 2.30. The summed E-state index contributed by atoms with van der Waals surface area (Å²) in [6.45, 7) is -2.94. The molecule has 0 spiro atoms. The molecule has 2 aromatic rings. The molecule has 0 fully saturated rings. The number of rotatable bonds is 6. The predicted octanol–water partition coefficient (Wildman–Crippen LogP) is 4.48. The average Bonchev–Trinajstić information content (AvgIpc) is 2.91. The van der Waals surface area contributed by atoms with Crippen molar-refractivity contribution in [2.24, 2.45) is 0 Å². The number of benzene rings is 1. The molecule has 0 aliphatic rings. The smallest absolute Gasteiger partial charge is 0.387 e. The Kier molecular flexibility index (Phi) is 5.73. The lowest BCUT2D eigenvalue weighted by Crippen LogP contribution is -2.06. The molecule has 0 N–H and O–H groups in total. The molecule has 1 aromatic heterocycles. The minimum atomic E-state index is -2.94. The standard InChI is InChI=1S/C14H11BrF2O4S/c1-19-11-6-8(2-3-10(11)21-14(16)17)7-20-13(18)12-9(15)4-5-22-12/h2-6,14H,7H2,1H3. The quantitative estimate of drug-likeness (QED) is 0.679. The van der Waals surface area contributed by atoms with Crippen LogP contribution in [0.5, 0.6) is 11.5 Å². The maximum absolute atomic E-state index is 12.2. The van der Waals surface area contributed by atoms with E-state index in [9.17, 15) is 13.6 Å². The zero-order chi connectivity index (χ0) is 16.1. The van der Waals surface area contributed by atoms with Crippen molar-refractivity contribution in [2.75, 3.05) is 7.11 Å². The van der Waals surface area contributed by atoms with E-state index in [1.54, 1.807) is 11.4 Å². The Morgan fingerprint density at radius 1 is 1.32 bits per heavy atom. The molecule has 4 nitrogen and oxygen atoms in total. The van der Waals surface area contributed by atoms with E-state index >= 15 is 0 Å². The van der Waals surface area contributed by atoms with Crippen LogP contribution in [0.25, 0.3) is 0 Å². The highest BCUT2D eigenvalue weighted by molar-refractivity contribution is 9.10. The van der Waals surface area contributed by atoms with Gasteiger partial charge in [0.1, 0.15) is 11.5 Å². The number of alkyl halides is 2. The van der Waals surface area contributed by atoms with Gasteiger partial charge in [-0.25, -0.2) is 4.79 Å². The van der Waals surface area contributed by atoms with Gasteiger partial charge < -0.3 is 14.2 Å². The van der Waals surface area contributed by atoms with Crippen molar-refractivity contribution in [1.82, 2.24) is 0 Å². The molecule has 22 heavy (non-hydrogen) atoms. The van der Waals surface area contributed by atoms with Gasteiger partial charge in [0.15, 0.2) is 11.5 Å². The fourth-order valence-electron chi connectivity index (χ4n) is 1.65. The Morgan fingerprint density at radius 3 is 2.68 bits per heavy atom. The topological polar surface area (TPSA) is 44.8 Å². The van der Waals surface area contributed by atoms with Crippen LogP contribution < -0.4 is 9.47 Å². The summed E-state index contributed by atoms with van der Waals surface area (Å²) in [7, 11) is 1.34. The van der Waals surface area contributed by atoms with Crippen LogP contribution in [-0.2, 0) is 11.3 Å². The van der Waals surface area contributed by atoms with Gasteiger partial charge >= 0.3 is 12.6 Å². The van der Waals surface area contributed by atoms with Gasteiger partial charge in [-0.15, -0.1) is 11.3 Å². The summed E-state index contributed by atoms with van der Waals surface area (Å²) < 4.78 is 39.6. The molecular weight excluding hydrogens is 382 g/mol. The van der Waals surface area contributed by atoms with Crippen molar-refractivity contribution in [3.05, 3.63) is 44.6 Å². The van der Waals surface area contributed by atoms with Gasteiger partial charge in [0.05, 0.1) is 7.11 Å². The molecule has 118 valence electrons. The molecular formula is C14H11BrF2O4S. The molecule has 2 rings (SSSR count). The minimum absolute atomic E-state index is 0.00546. The molecule has 0 aliphatic heterocycles. The first kappa shape index (κ1) is 16.7. The third kappa shape index (κ3) is 4.17. The molecule has 1 aromatic carbocycles. The van der Waals surface area contributed by atoms with Crippen molar-refractivity contribution in [2.45, 2.75) is 13.2 Å². The molecule has 0 unspecified atom stereocenters. The van der Waals surface area contributed by atoms with Crippen LogP contribution in [0.1, 0.15) is 15.2 Å². The van der Waals surface area contributed by atoms with Gasteiger partial charge in [-0.2, -0.15) is 8.78 Å². The molecule has 0 bridgehead atoms. The monoisotopic (exact) mass is 392 g/mol. The third-order valence-corrected chi connectivity index (χ3v) is 4.43. The third-order valence-electron chi connectivity index (χ3n) is 2.62. The van der Waals surface area contributed by atoms with Gasteiger partial charge in [-0.05, 0) is 45.1 Å². The van der Waals surface area contributed by atoms with Gasteiger partial charge in [-0.3, -0.25) is 0 Å². The van der Waals surface area contributed by atoms with Crippen LogP contribution in [0.4, 0.5) is 8.78 Å². The number of hydrogen-bond donors (Lipinski definition) is 0. The summed E-state index contributed by atoms with van der Waals surface area (Å²) in [5, 5.41) is 1.76. The molecule has 0 amide bonds. The Bertz CT molecular complexity index is 660. The minimum Gasteiger partial charge on any atom is -0.493 e. The lowest BCUT2D eigenvalue weighted by molar-refractivity contribution is -0.0512. The number of ether oxygens (including phenoxy) is 3. The van der Waals surface area contributed by atoms with Gasteiger partial charge in [0, 0.05) is 4.47 Å². The van der Waals surface area contributed by atoms with E-state index in [1.165, 1.54) is 36.6 Å². The Hall–Kier alpha value is -1.67. The van der Waals surface area contributed by atoms with Crippen LogP contribution in [0, 0.1) is 0 Å². The second-order valence-electron chi connectivity index (χ2n) is 4.04. The van der Waals surface area contributed by atoms with E-state index in [0.29, 0.717) is 14.9 Å². The second-order valence-corrected chi connectivity index (χ2v) is 5.81. The first-order valence-electron chi connectivity index (χ1n) is 6.03. The number of thiophene rings is 1. The number of halogens is 3. The largest absolute Gasteiger partial charge is 0.493 e. The molecule has 1 heterocycles. The zero-order valence-electron chi connectivity index (χ0n) is 11.3. The lowest BCUT2D eigenvalue weighted by atomic mass is 10.2. The summed E-state index contributed by atoms with van der Waals surface area (Å²) in [4.78, 5) is 12.3. The molecule has 8 heteroatoms. The van der Waals surface area contributed by atoms with Crippen molar-refractivity contribution in [1.29, 1.82) is 0 Å².